The van der Waals surface area contributed by atoms with Crippen LogP contribution in [0.3, 0.4) is 0 Å². The van der Waals surface area contributed by atoms with E-state index in [1.807, 2.05) is 0 Å². The number of thioether (sulfide) groups is 1. The van der Waals surface area contributed by atoms with Gasteiger partial charge in [-0.15, -0.1) is 11.8 Å². The molecule has 0 radical (unpaired) electrons. The molecular formula is C12H20N2O4S. The van der Waals surface area contributed by atoms with Crippen molar-refractivity contribution in [3.05, 3.63) is 0 Å². The third-order valence-electron chi connectivity index (χ3n) is 2.25. The summed E-state index contributed by atoms with van der Waals surface area (Å²) in [4.78, 5) is 27.2. The number of aliphatic imine (C=N–C) groups is 1. The molecule has 0 saturated heterocycles. The molecule has 0 aromatic carbocycles. The van der Waals surface area contributed by atoms with Gasteiger partial charge in [0.25, 0.3) is 0 Å². The fraction of sp³-hybridized carbons (Fsp3) is 0.750. The zero-order valence-corrected chi connectivity index (χ0v) is 12.7. The van der Waals surface area contributed by atoms with Gasteiger partial charge in [0.15, 0.2) is 6.04 Å². The summed E-state index contributed by atoms with van der Waals surface area (Å²) in [5.41, 5.74) is -0.539. The summed E-state index contributed by atoms with van der Waals surface area (Å²) in [6, 6.07) is -0.762. The van der Waals surface area contributed by atoms with Crippen LogP contribution in [-0.2, 0) is 14.3 Å². The van der Waals surface area contributed by atoms with Gasteiger partial charge in [0.05, 0.1) is 18.2 Å². The summed E-state index contributed by atoms with van der Waals surface area (Å²) in [5, 5.41) is 3.40. The van der Waals surface area contributed by atoms with Crippen molar-refractivity contribution in [2.45, 2.75) is 45.4 Å². The van der Waals surface area contributed by atoms with Crippen LogP contribution in [0.15, 0.2) is 4.99 Å². The second-order valence-corrected chi connectivity index (χ2v) is 6.23. The molecule has 0 aromatic heterocycles. The minimum atomic E-state index is -0.539. The van der Waals surface area contributed by atoms with Gasteiger partial charge >= 0.3 is 12.1 Å². The summed E-state index contributed by atoms with van der Waals surface area (Å²) in [6.07, 6.45) is -0.496. The van der Waals surface area contributed by atoms with Crippen LogP contribution in [0.25, 0.3) is 0 Å². The maximum absolute atomic E-state index is 11.6. The van der Waals surface area contributed by atoms with Gasteiger partial charge in [0.1, 0.15) is 5.60 Å². The number of esters is 1. The van der Waals surface area contributed by atoms with Crippen molar-refractivity contribution in [2.75, 3.05) is 12.9 Å². The Balaban J connectivity index is 2.53. The first-order valence-corrected chi connectivity index (χ1v) is 6.99. The fourth-order valence-corrected chi connectivity index (χ4v) is 2.48. The average molecular weight is 288 g/mol. The molecule has 19 heavy (non-hydrogen) atoms. The zero-order chi connectivity index (χ0) is 14.6. The van der Waals surface area contributed by atoms with Crippen molar-refractivity contribution in [3.63, 3.8) is 0 Å². The van der Waals surface area contributed by atoms with E-state index in [9.17, 15) is 9.59 Å². The first-order chi connectivity index (χ1) is 8.73. The highest BCUT2D eigenvalue weighted by molar-refractivity contribution is 8.14. The van der Waals surface area contributed by atoms with E-state index in [-0.39, 0.29) is 12.0 Å². The van der Waals surface area contributed by atoms with Crippen molar-refractivity contribution in [1.82, 2.24) is 5.32 Å². The second kappa shape index (κ2) is 6.27. The first kappa shape index (κ1) is 15.8. The molecule has 0 aromatic rings. The largest absolute Gasteiger partial charge is 0.467 e. The third kappa shape index (κ3) is 5.10. The van der Waals surface area contributed by atoms with Gasteiger partial charge in [-0.25, -0.2) is 9.59 Å². The molecule has 1 aliphatic heterocycles. The molecule has 7 heteroatoms. The molecule has 1 rings (SSSR count). The van der Waals surface area contributed by atoms with E-state index in [2.05, 4.69) is 15.0 Å². The van der Waals surface area contributed by atoms with E-state index in [0.717, 1.165) is 0 Å². The minimum Gasteiger partial charge on any atom is -0.467 e. The van der Waals surface area contributed by atoms with Crippen molar-refractivity contribution >= 4 is 28.9 Å². The average Bonchev–Trinajstić information content (AvgIpc) is 2.74. The van der Waals surface area contributed by atoms with Gasteiger partial charge in [-0.1, -0.05) is 0 Å². The predicted octanol–water partition coefficient (Wildman–Crippen LogP) is 1.59. The summed E-state index contributed by atoms with van der Waals surface area (Å²) in [5.74, 6) is 0.189. The lowest BCUT2D eigenvalue weighted by molar-refractivity contribution is -0.141. The molecule has 0 bridgehead atoms. The molecule has 1 aliphatic rings. The van der Waals surface area contributed by atoms with Crippen LogP contribution in [0.2, 0.25) is 0 Å². The van der Waals surface area contributed by atoms with Crippen LogP contribution in [0.1, 0.15) is 27.7 Å². The maximum atomic E-state index is 11.6. The van der Waals surface area contributed by atoms with Crippen LogP contribution in [0.5, 0.6) is 0 Å². The van der Waals surface area contributed by atoms with E-state index >= 15 is 0 Å². The number of alkyl carbamates (subject to hydrolysis) is 1. The normalized spacial score (nSPS) is 20.5. The topological polar surface area (TPSA) is 77.0 Å². The van der Waals surface area contributed by atoms with Gasteiger partial charge in [0.2, 0.25) is 0 Å². The lowest BCUT2D eigenvalue weighted by atomic mass is 10.2. The van der Waals surface area contributed by atoms with E-state index in [4.69, 9.17) is 4.74 Å². The zero-order valence-electron chi connectivity index (χ0n) is 11.9. The van der Waals surface area contributed by atoms with Crippen molar-refractivity contribution < 1.29 is 19.1 Å². The van der Waals surface area contributed by atoms with Gasteiger partial charge in [0, 0.05) is 5.75 Å². The number of nitrogens with zero attached hydrogens (tertiary/aromatic N) is 1. The van der Waals surface area contributed by atoms with E-state index in [0.29, 0.717) is 10.8 Å². The van der Waals surface area contributed by atoms with Gasteiger partial charge in [-0.2, -0.15) is 0 Å². The molecule has 0 unspecified atom stereocenters. The predicted molar refractivity (Wildman–Crippen MR) is 74.5 cm³/mol. The quantitative estimate of drug-likeness (QED) is 0.798. The smallest absolute Gasteiger partial charge is 0.408 e. The monoisotopic (exact) mass is 288 g/mol. The van der Waals surface area contributed by atoms with Crippen LogP contribution < -0.4 is 5.32 Å². The molecule has 0 saturated carbocycles. The standard InChI is InChI=1S/C12H20N2O4S/c1-7(13-11(16)18-12(2,3)4)9-14-8(6-19-9)10(15)17-5/h7-8H,6H2,1-5H3,(H,13,16)/t7-,8-/m0/s1. The van der Waals surface area contributed by atoms with E-state index in [1.165, 1.54) is 18.9 Å². The molecule has 0 spiro atoms. The number of rotatable bonds is 3. The van der Waals surface area contributed by atoms with Crippen LogP contribution in [0.4, 0.5) is 4.79 Å². The Morgan fingerprint density at radius 3 is 2.63 bits per heavy atom. The lowest BCUT2D eigenvalue weighted by Crippen LogP contribution is -2.40. The lowest BCUT2D eigenvalue weighted by Gasteiger charge is -2.21. The van der Waals surface area contributed by atoms with Crippen LogP contribution >= 0.6 is 11.8 Å². The van der Waals surface area contributed by atoms with Gasteiger partial charge in [-0.3, -0.25) is 4.99 Å². The maximum Gasteiger partial charge on any atom is 0.408 e. The number of ether oxygens (including phenoxy) is 2. The summed E-state index contributed by atoms with van der Waals surface area (Å²) >= 11 is 1.44. The van der Waals surface area contributed by atoms with Gasteiger partial charge < -0.3 is 14.8 Å². The highest BCUT2D eigenvalue weighted by Crippen LogP contribution is 2.21. The summed E-state index contributed by atoms with van der Waals surface area (Å²) < 4.78 is 9.80. The molecule has 1 N–H and O–H groups in total. The van der Waals surface area contributed by atoms with Crippen LogP contribution in [0, 0.1) is 0 Å². The number of hydrogen-bond donors (Lipinski definition) is 1. The number of amides is 1. The van der Waals surface area contributed by atoms with Gasteiger partial charge in [-0.05, 0) is 27.7 Å². The molecule has 6 nitrogen and oxygen atoms in total. The minimum absolute atomic E-state index is 0.283. The van der Waals surface area contributed by atoms with E-state index in [1.54, 1.807) is 27.7 Å². The number of hydrogen-bond acceptors (Lipinski definition) is 6. The summed E-state index contributed by atoms with van der Waals surface area (Å²) in [7, 11) is 1.34. The Morgan fingerprint density at radius 2 is 2.11 bits per heavy atom. The van der Waals surface area contributed by atoms with E-state index < -0.39 is 17.7 Å². The highest BCUT2D eigenvalue weighted by Gasteiger charge is 2.29. The Hall–Kier alpha value is -1.24. The molecule has 0 fully saturated rings. The molecule has 1 amide bonds. The number of carbonyl (C=O) groups excluding carboxylic acids is 2. The third-order valence-corrected chi connectivity index (χ3v) is 3.49. The molecular weight excluding hydrogens is 268 g/mol. The SMILES string of the molecule is COC(=O)[C@@H]1CSC([C@H](C)NC(=O)OC(C)(C)C)=N1. The molecule has 2 atom stereocenters. The number of methoxy groups -OCH3 is 1. The van der Waals surface area contributed by atoms with Crippen molar-refractivity contribution in [3.8, 4) is 0 Å². The Bertz CT molecular complexity index is 390. The molecule has 108 valence electrons. The van der Waals surface area contributed by atoms with Crippen molar-refractivity contribution in [2.24, 2.45) is 4.99 Å². The Morgan fingerprint density at radius 1 is 1.47 bits per heavy atom. The molecule has 1 heterocycles. The number of carbonyl (C=O) groups is 2. The van der Waals surface area contributed by atoms with Crippen LogP contribution in [-0.4, -0.2) is 47.7 Å². The number of nitrogens with one attached hydrogen (secondary N) is 1. The Labute approximate surface area is 117 Å². The first-order valence-electron chi connectivity index (χ1n) is 6.01. The second-order valence-electron chi connectivity index (χ2n) is 5.19. The highest BCUT2D eigenvalue weighted by atomic mass is 32.2. The molecule has 0 aliphatic carbocycles. The van der Waals surface area contributed by atoms with Crippen molar-refractivity contribution in [1.29, 1.82) is 0 Å². The summed E-state index contributed by atoms with van der Waals surface area (Å²) in [6.45, 7) is 7.19. The fourth-order valence-electron chi connectivity index (χ4n) is 1.43. The Kier molecular flexibility index (Phi) is 5.22.